The second kappa shape index (κ2) is 57.6. The number of nitrogens with one attached hydrogen (secondary N) is 3. The Morgan fingerprint density at radius 3 is 0.431 bits per heavy atom. The van der Waals surface area contributed by atoms with E-state index in [1.807, 2.05) is 14.7 Å². The van der Waals surface area contributed by atoms with E-state index in [0.717, 1.165) is 20.8 Å². The van der Waals surface area contributed by atoms with Crippen molar-refractivity contribution in [1.29, 1.82) is 0 Å². The maximum Gasteiger partial charge on any atom is 0.0770 e. The van der Waals surface area contributed by atoms with E-state index in [0.29, 0.717) is 0 Å². The Labute approximate surface area is 319 Å². The highest BCUT2D eigenvalue weighted by molar-refractivity contribution is 5.60. The number of rotatable bonds is 27. The molecule has 0 saturated carbocycles. The summed E-state index contributed by atoms with van der Waals surface area (Å²) in [4.78, 5) is 32.2. The minimum absolute atomic E-state index is 0.972. The summed E-state index contributed by atoms with van der Waals surface area (Å²) in [6.45, 7) is 36.1. The van der Waals surface area contributed by atoms with Crippen molar-refractivity contribution < 1.29 is 44.4 Å². The molecule has 9 heteroatoms. The van der Waals surface area contributed by atoms with Gasteiger partial charge >= 0.3 is 0 Å². The van der Waals surface area contributed by atoms with Crippen molar-refractivity contribution in [2.75, 3.05) is 58.9 Å². The Kier molecular flexibility index (Phi) is 69.3. The first-order valence-electron chi connectivity index (χ1n) is 21.3. The maximum atomic E-state index is 8.89. The average Bonchev–Trinajstić information content (AvgIpc) is 3.07. The third-order valence-electron chi connectivity index (χ3n) is 7.95. The van der Waals surface area contributed by atoms with Crippen molar-refractivity contribution in [3.05, 3.63) is 0 Å². The Balaban J connectivity index is -0.000000128. The molecule has 0 bridgehead atoms. The topological polar surface area (TPSA) is 134 Å². The van der Waals surface area contributed by atoms with Crippen LogP contribution in [0.4, 0.5) is 0 Å². The minimum atomic E-state index is -1.08. The maximum absolute atomic E-state index is 8.89. The van der Waals surface area contributed by atoms with Gasteiger partial charge < -0.3 is 44.4 Å². The number of aliphatic carboxylic acids is 3. The lowest BCUT2D eigenvalue weighted by molar-refractivity contribution is -0.900. The predicted molar refractivity (Wildman–Crippen MR) is 213 cm³/mol. The molecule has 0 saturated heterocycles. The molecule has 0 unspecified atom stereocenters. The van der Waals surface area contributed by atoms with Gasteiger partial charge in [-0.2, -0.15) is 0 Å². The first kappa shape index (κ1) is 61.3. The molecule has 9 nitrogen and oxygen atoms in total. The second-order valence-corrected chi connectivity index (χ2v) is 13.7. The predicted octanol–water partition coefficient (Wildman–Crippen LogP) is 3.08. The monoisotopic (exact) mass is 736 g/mol. The third kappa shape index (κ3) is 88.0. The molecule has 0 atom stereocenters. The van der Waals surface area contributed by atoms with E-state index in [1.165, 1.54) is 174 Å². The zero-order chi connectivity index (χ0) is 40.6. The van der Waals surface area contributed by atoms with Crippen LogP contribution in [-0.2, 0) is 14.4 Å². The van der Waals surface area contributed by atoms with Gasteiger partial charge in [0.25, 0.3) is 0 Å². The van der Waals surface area contributed by atoms with Crippen molar-refractivity contribution in [1.82, 2.24) is 0 Å². The van der Waals surface area contributed by atoms with E-state index >= 15 is 0 Å². The van der Waals surface area contributed by atoms with Gasteiger partial charge in [-0.3, -0.25) is 0 Å². The van der Waals surface area contributed by atoms with Crippen molar-refractivity contribution in [3.63, 3.8) is 0 Å². The minimum Gasteiger partial charge on any atom is -0.550 e. The number of carboxylic acid groups (broad SMARTS) is 3. The number of hydrogen-bond acceptors (Lipinski definition) is 6. The van der Waals surface area contributed by atoms with Crippen LogP contribution in [0.25, 0.3) is 0 Å². The van der Waals surface area contributed by atoms with E-state index in [2.05, 4.69) is 62.3 Å². The molecular weight excluding hydrogens is 642 g/mol. The molecule has 0 aromatic rings. The fraction of sp³-hybridized carbons (Fsp3) is 0.929. The van der Waals surface area contributed by atoms with Crippen LogP contribution in [0.3, 0.4) is 0 Å². The molecule has 0 fully saturated rings. The van der Waals surface area contributed by atoms with Gasteiger partial charge in [0.2, 0.25) is 0 Å². The number of carbonyl (C=O) groups excluding carboxylic acids is 3. The largest absolute Gasteiger partial charge is 0.550 e. The van der Waals surface area contributed by atoms with Crippen LogP contribution in [0, 0.1) is 0 Å². The van der Waals surface area contributed by atoms with E-state index in [4.69, 9.17) is 29.7 Å². The van der Waals surface area contributed by atoms with Crippen LogP contribution in [-0.4, -0.2) is 76.8 Å². The molecular formula is C42H93N3O6. The smallest absolute Gasteiger partial charge is 0.0770 e. The number of quaternary nitrogens is 3. The van der Waals surface area contributed by atoms with Crippen LogP contribution in [0.15, 0.2) is 0 Å². The summed E-state index contributed by atoms with van der Waals surface area (Å²) in [5.41, 5.74) is 0. The fourth-order valence-electron chi connectivity index (χ4n) is 4.97. The molecule has 0 aliphatic carbocycles. The molecule has 51 heavy (non-hydrogen) atoms. The van der Waals surface area contributed by atoms with E-state index in [-0.39, 0.29) is 0 Å². The summed E-state index contributed by atoms with van der Waals surface area (Å²) < 4.78 is 0. The summed E-state index contributed by atoms with van der Waals surface area (Å²) >= 11 is 0. The van der Waals surface area contributed by atoms with E-state index in [1.54, 1.807) is 0 Å². The molecule has 0 radical (unpaired) electrons. The normalized spacial score (nSPS) is 9.94. The third-order valence-corrected chi connectivity index (χ3v) is 7.95. The van der Waals surface area contributed by atoms with Crippen molar-refractivity contribution in [2.45, 2.75) is 199 Å². The van der Waals surface area contributed by atoms with Gasteiger partial charge in [0.1, 0.15) is 0 Å². The van der Waals surface area contributed by atoms with Crippen molar-refractivity contribution in [2.24, 2.45) is 0 Å². The van der Waals surface area contributed by atoms with Gasteiger partial charge in [0.05, 0.1) is 58.9 Å². The fourth-order valence-corrected chi connectivity index (χ4v) is 4.97. The Morgan fingerprint density at radius 2 is 0.373 bits per heavy atom. The second-order valence-electron chi connectivity index (χ2n) is 13.7. The molecule has 0 aromatic carbocycles. The summed E-state index contributed by atoms with van der Waals surface area (Å²) in [5.74, 6) is -3.25. The lowest BCUT2D eigenvalue weighted by Crippen LogP contribution is -3.12. The summed E-state index contributed by atoms with van der Waals surface area (Å²) in [6, 6.07) is 0. The Bertz CT molecular complexity index is 497. The van der Waals surface area contributed by atoms with Crippen LogP contribution >= 0.6 is 0 Å². The standard InChI is InChI=1S/3C12H27N.3C2H4O2/c3*1-4-7-10-13(11-8-5-2)12-9-6-3;3*1-2(3)4/h3*4-12H2,1-3H3;3*1H3,(H,3,4). The summed E-state index contributed by atoms with van der Waals surface area (Å²) in [6.07, 6.45) is 24.8. The average molecular weight is 736 g/mol. The van der Waals surface area contributed by atoms with Crippen LogP contribution in [0.5, 0.6) is 0 Å². The van der Waals surface area contributed by atoms with Gasteiger partial charge in [0, 0.05) is 17.9 Å². The zero-order valence-electron chi connectivity index (χ0n) is 36.5. The molecule has 3 N–H and O–H groups in total. The summed E-state index contributed by atoms with van der Waals surface area (Å²) in [7, 11) is 0. The number of carboxylic acids is 3. The lowest BCUT2D eigenvalue weighted by atomic mass is 10.2. The quantitative estimate of drug-likeness (QED) is 0.119. The highest BCUT2D eigenvalue weighted by Crippen LogP contribution is 1.88. The Hall–Kier alpha value is -1.71. The zero-order valence-corrected chi connectivity index (χ0v) is 36.5. The Morgan fingerprint density at radius 1 is 0.294 bits per heavy atom. The van der Waals surface area contributed by atoms with Gasteiger partial charge in [-0.25, -0.2) is 0 Å². The first-order chi connectivity index (χ1) is 24.2. The molecule has 0 heterocycles. The summed E-state index contributed by atoms with van der Waals surface area (Å²) in [5, 5.41) is 26.7. The molecule has 0 aliphatic rings. The number of unbranched alkanes of at least 4 members (excludes halogenated alkanes) is 9. The lowest BCUT2D eigenvalue weighted by Gasteiger charge is -2.18. The van der Waals surface area contributed by atoms with E-state index in [9.17, 15) is 0 Å². The van der Waals surface area contributed by atoms with Gasteiger partial charge in [-0.1, -0.05) is 120 Å². The first-order valence-corrected chi connectivity index (χ1v) is 21.3. The molecule has 0 aliphatic heterocycles. The molecule has 0 amide bonds. The highest BCUT2D eigenvalue weighted by Gasteiger charge is 2.07. The van der Waals surface area contributed by atoms with Crippen LogP contribution in [0.1, 0.15) is 199 Å². The van der Waals surface area contributed by atoms with Crippen molar-refractivity contribution >= 4 is 17.9 Å². The van der Waals surface area contributed by atoms with Gasteiger partial charge in [0.15, 0.2) is 0 Å². The van der Waals surface area contributed by atoms with Crippen LogP contribution < -0.4 is 30.0 Å². The molecule has 0 spiro atoms. The van der Waals surface area contributed by atoms with Gasteiger partial charge in [-0.05, 0) is 78.6 Å². The van der Waals surface area contributed by atoms with Crippen molar-refractivity contribution in [3.8, 4) is 0 Å². The number of hydrogen-bond donors (Lipinski definition) is 3. The highest BCUT2D eigenvalue weighted by atomic mass is 16.4. The molecule has 312 valence electrons. The molecule has 0 rings (SSSR count). The SMILES string of the molecule is CC(=O)[O-].CC(=O)[O-].CC(=O)[O-].CCCC[NH+](CCCC)CCCC.CCCC[NH+](CCCC)CCCC.CCCC[NH+](CCCC)CCCC. The van der Waals surface area contributed by atoms with Gasteiger partial charge in [-0.15, -0.1) is 0 Å². The van der Waals surface area contributed by atoms with Crippen LogP contribution in [0.2, 0.25) is 0 Å². The van der Waals surface area contributed by atoms with E-state index < -0.39 is 17.9 Å². The molecule has 0 aromatic heterocycles. The number of carbonyl (C=O) groups is 3.